The minimum absolute atomic E-state index is 0. The van der Waals surface area contributed by atoms with Crippen LogP contribution in [0.5, 0.6) is 0 Å². The molecule has 10 heteroatoms. The number of hydrogen-bond donors (Lipinski definition) is 1. The molecule has 3 rings (SSSR count). The summed E-state index contributed by atoms with van der Waals surface area (Å²) in [5.74, 6) is 1.74. The van der Waals surface area contributed by atoms with Crippen molar-refractivity contribution in [2.75, 3.05) is 44.2 Å². The summed E-state index contributed by atoms with van der Waals surface area (Å²) in [5.41, 5.74) is 1.26. The molecule has 1 aromatic heterocycles. The van der Waals surface area contributed by atoms with Gasteiger partial charge in [-0.15, -0.1) is 24.0 Å². The Morgan fingerprint density at radius 2 is 1.81 bits per heavy atom. The number of aryl methyl sites for hydroxylation is 1. The predicted octanol–water partition coefficient (Wildman–Crippen LogP) is 3.11. The summed E-state index contributed by atoms with van der Waals surface area (Å²) in [5, 5.41) is 14.1. The van der Waals surface area contributed by atoms with Gasteiger partial charge in [-0.25, -0.2) is 9.97 Å². The molecule has 1 aliphatic rings. The van der Waals surface area contributed by atoms with Gasteiger partial charge >= 0.3 is 0 Å². The highest BCUT2D eigenvalue weighted by atomic mass is 127. The van der Waals surface area contributed by atoms with Crippen LogP contribution < -0.4 is 10.2 Å². The van der Waals surface area contributed by atoms with Gasteiger partial charge < -0.3 is 15.1 Å². The van der Waals surface area contributed by atoms with E-state index in [-0.39, 0.29) is 34.6 Å². The van der Waals surface area contributed by atoms with Gasteiger partial charge in [-0.2, -0.15) is 0 Å². The van der Waals surface area contributed by atoms with E-state index in [1.807, 2.05) is 18.2 Å². The van der Waals surface area contributed by atoms with E-state index in [4.69, 9.17) is 4.99 Å². The van der Waals surface area contributed by atoms with E-state index in [1.165, 1.54) is 0 Å². The summed E-state index contributed by atoms with van der Waals surface area (Å²) in [6, 6.07) is 8.63. The van der Waals surface area contributed by atoms with Gasteiger partial charge in [0.05, 0.1) is 4.92 Å². The van der Waals surface area contributed by atoms with Crippen LogP contribution in [0, 0.1) is 10.1 Å². The fourth-order valence-electron chi connectivity index (χ4n) is 3.41. The van der Waals surface area contributed by atoms with E-state index in [1.54, 1.807) is 24.5 Å². The van der Waals surface area contributed by atoms with Crippen LogP contribution in [0.25, 0.3) is 0 Å². The molecule has 0 amide bonds. The quantitative estimate of drug-likeness (QED) is 0.137. The van der Waals surface area contributed by atoms with E-state index >= 15 is 0 Å². The highest BCUT2D eigenvalue weighted by Gasteiger charge is 2.20. The molecule has 0 radical (unpaired) electrons. The van der Waals surface area contributed by atoms with Crippen molar-refractivity contribution in [3.05, 3.63) is 58.4 Å². The van der Waals surface area contributed by atoms with Gasteiger partial charge in [-0.05, 0) is 37.8 Å². The number of hydrogen-bond acceptors (Lipinski definition) is 6. The van der Waals surface area contributed by atoms with Crippen LogP contribution in [0.1, 0.15) is 25.3 Å². The summed E-state index contributed by atoms with van der Waals surface area (Å²) in [6.07, 6.45) is 6.43. The smallest absolute Gasteiger partial charge is 0.269 e. The number of unbranched alkanes of at least 4 members (excludes halogenated alkanes) is 1. The first-order valence-corrected chi connectivity index (χ1v) is 10.5. The van der Waals surface area contributed by atoms with Gasteiger partial charge in [0.15, 0.2) is 5.96 Å². The molecular weight excluding hydrogens is 509 g/mol. The number of anilines is 1. The van der Waals surface area contributed by atoms with Gasteiger partial charge in [0.2, 0.25) is 5.95 Å². The first kappa shape index (κ1) is 24.8. The molecule has 2 heterocycles. The lowest BCUT2D eigenvalue weighted by Crippen LogP contribution is -2.53. The molecule has 168 valence electrons. The number of non-ortho nitro benzene ring substituents is 1. The lowest BCUT2D eigenvalue weighted by Gasteiger charge is -2.36. The fourth-order valence-corrected chi connectivity index (χ4v) is 3.41. The molecule has 31 heavy (non-hydrogen) atoms. The number of nitrogens with one attached hydrogen (secondary N) is 1. The summed E-state index contributed by atoms with van der Waals surface area (Å²) >= 11 is 0. The molecule has 0 spiro atoms. The molecule has 0 saturated carbocycles. The van der Waals surface area contributed by atoms with Gasteiger partial charge in [0.25, 0.3) is 5.69 Å². The Bertz CT molecular complexity index is 825. The highest BCUT2D eigenvalue weighted by Crippen LogP contribution is 2.14. The molecule has 0 unspecified atom stereocenters. The molecular formula is C21H30IN7O2. The number of guanidine groups is 1. The van der Waals surface area contributed by atoms with Crippen molar-refractivity contribution in [1.82, 2.24) is 20.2 Å². The van der Waals surface area contributed by atoms with E-state index in [0.29, 0.717) is 0 Å². The average molecular weight is 539 g/mol. The van der Waals surface area contributed by atoms with Crippen LogP contribution in [-0.2, 0) is 6.42 Å². The topological polar surface area (TPSA) is 99.8 Å². The van der Waals surface area contributed by atoms with Gasteiger partial charge in [-0.3, -0.25) is 15.1 Å². The second-order valence-corrected chi connectivity index (χ2v) is 7.14. The Balaban J connectivity index is 0.00000341. The zero-order valence-corrected chi connectivity index (χ0v) is 20.1. The first-order chi connectivity index (χ1) is 14.7. The lowest BCUT2D eigenvalue weighted by atomic mass is 10.1. The predicted molar refractivity (Wildman–Crippen MR) is 133 cm³/mol. The van der Waals surface area contributed by atoms with Gasteiger partial charge in [0.1, 0.15) is 0 Å². The number of piperazine rings is 1. The van der Waals surface area contributed by atoms with Gasteiger partial charge in [0, 0.05) is 63.8 Å². The number of nitro benzene ring substituents is 1. The number of aliphatic imine (C=N–C) groups is 1. The van der Waals surface area contributed by atoms with Gasteiger partial charge in [-0.1, -0.05) is 12.1 Å². The third-order valence-corrected chi connectivity index (χ3v) is 5.03. The number of rotatable bonds is 8. The van der Waals surface area contributed by atoms with Crippen LogP contribution in [0.2, 0.25) is 0 Å². The fraction of sp³-hybridized carbons (Fsp3) is 0.476. The monoisotopic (exact) mass is 539 g/mol. The minimum atomic E-state index is -0.368. The SMILES string of the molecule is CCNC(=NCCCCc1ccc([N+](=O)[O-])cc1)N1CCN(c2ncccn2)CC1.I. The molecule has 2 aromatic rings. The molecule has 0 aliphatic carbocycles. The minimum Gasteiger partial charge on any atom is -0.357 e. The van der Waals surface area contributed by atoms with E-state index in [2.05, 4.69) is 32.0 Å². The second kappa shape index (κ2) is 13.0. The molecule has 1 fully saturated rings. The third-order valence-electron chi connectivity index (χ3n) is 5.03. The number of halogens is 1. The van der Waals surface area contributed by atoms with Crippen molar-refractivity contribution in [3.63, 3.8) is 0 Å². The Kier molecular flexibility index (Phi) is 10.4. The zero-order chi connectivity index (χ0) is 21.2. The number of benzene rings is 1. The normalized spacial score (nSPS) is 14.2. The van der Waals surface area contributed by atoms with Crippen molar-refractivity contribution in [1.29, 1.82) is 0 Å². The molecule has 1 aliphatic heterocycles. The largest absolute Gasteiger partial charge is 0.357 e. The van der Waals surface area contributed by atoms with Crippen LogP contribution >= 0.6 is 24.0 Å². The van der Waals surface area contributed by atoms with E-state index in [9.17, 15) is 10.1 Å². The van der Waals surface area contributed by atoms with Crippen LogP contribution in [0.3, 0.4) is 0 Å². The van der Waals surface area contributed by atoms with Crippen LogP contribution in [0.15, 0.2) is 47.7 Å². The van der Waals surface area contributed by atoms with Crippen LogP contribution in [0.4, 0.5) is 11.6 Å². The standard InChI is InChI=1S/C21H29N7O2.HI/c1-2-22-20(26-14-16-27(17-15-26)21-24-12-5-13-25-21)23-11-4-3-6-18-7-9-19(10-8-18)28(29)30;/h5,7-10,12-13H,2-4,6,11,14-17H2,1H3,(H,22,23);1H. The summed E-state index contributed by atoms with van der Waals surface area (Å²) in [6.45, 7) is 7.18. The Morgan fingerprint density at radius 1 is 1.13 bits per heavy atom. The second-order valence-electron chi connectivity index (χ2n) is 7.14. The molecule has 1 N–H and O–H groups in total. The number of nitro groups is 1. The molecule has 1 saturated heterocycles. The summed E-state index contributed by atoms with van der Waals surface area (Å²) < 4.78 is 0. The first-order valence-electron chi connectivity index (χ1n) is 10.5. The van der Waals surface area contributed by atoms with Crippen molar-refractivity contribution in [2.24, 2.45) is 4.99 Å². The Labute approximate surface area is 200 Å². The van der Waals surface area contributed by atoms with Crippen molar-refractivity contribution >= 4 is 41.6 Å². The lowest BCUT2D eigenvalue weighted by molar-refractivity contribution is -0.384. The third kappa shape index (κ3) is 7.60. The van der Waals surface area contributed by atoms with Crippen molar-refractivity contribution < 1.29 is 4.92 Å². The number of aromatic nitrogens is 2. The maximum Gasteiger partial charge on any atom is 0.269 e. The van der Waals surface area contributed by atoms with Crippen LogP contribution in [-0.4, -0.2) is 65.0 Å². The van der Waals surface area contributed by atoms with Crippen molar-refractivity contribution in [2.45, 2.75) is 26.2 Å². The Morgan fingerprint density at radius 3 is 2.42 bits per heavy atom. The Hall–Kier alpha value is -2.50. The van der Waals surface area contributed by atoms with Crippen molar-refractivity contribution in [3.8, 4) is 0 Å². The zero-order valence-electron chi connectivity index (χ0n) is 17.8. The molecule has 0 atom stereocenters. The summed E-state index contributed by atoms with van der Waals surface area (Å²) in [4.78, 5) is 28.3. The average Bonchev–Trinajstić information content (AvgIpc) is 2.79. The van der Waals surface area contributed by atoms with E-state index in [0.717, 1.165) is 76.0 Å². The molecule has 1 aromatic carbocycles. The molecule has 0 bridgehead atoms. The molecule has 9 nitrogen and oxygen atoms in total. The summed E-state index contributed by atoms with van der Waals surface area (Å²) in [7, 11) is 0. The number of nitrogens with zero attached hydrogens (tertiary/aromatic N) is 6. The highest BCUT2D eigenvalue weighted by molar-refractivity contribution is 14.0. The van der Waals surface area contributed by atoms with E-state index < -0.39 is 0 Å². The maximum atomic E-state index is 10.7. The maximum absolute atomic E-state index is 10.7.